The zero-order valence-electron chi connectivity index (χ0n) is 11.8. The van der Waals surface area contributed by atoms with Gasteiger partial charge in [-0.05, 0) is 38.7 Å². The third kappa shape index (κ3) is 3.39. The van der Waals surface area contributed by atoms with E-state index in [2.05, 4.69) is 5.32 Å². The molecule has 0 radical (unpaired) electrons. The topological polar surface area (TPSA) is 69.6 Å². The van der Waals surface area contributed by atoms with Crippen LogP contribution in [0.5, 0.6) is 0 Å². The van der Waals surface area contributed by atoms with E-state index in [1.807, 2.05) is 0 Å². The van der Waals surface area contributed by atoms with E-state index in [-0.39, 0.29) is 12.1 Å². The maximum Gasteiger partial charge on any atom is 0.252 e. The summed E-state index contributed by atoms with van der Waals surface area (Å²) in [5, 5.41) is 22.8. The molecule has 21 heavy (non-hydrogen) atoms. The van der Waals surface area contributed by atoms with Crippen LogP contribution in [0.1, 0.15) is 38.2 Å². The number of aliphatic hydroxyl groups is 2. The number of carbonyl (C=O) groups excluding carboxylic acids is 1. The van der Waals surface area contributed by atoms with Gasteiger partial charge >= 0.3 is 0 Å². The fraction of sp³-hybridized carbons (Fsp3) is 0.533. The van der Waals surface area contributed by atoms with Crippen LogP contribution in [0.4, 0.5) is 8.78 Å². The summed E-state index contributed by atoms with van der Waals surface area (Å²) in [7, 11) is 0. The lowest BCUT2D eigenvalue weighted by Crippen LogP contribution is -2.49. The Bertz CT molecular complexity index is 540. The molecule has 1 amide bonds. The first-order chi connectivity index (χ1) is 9.74. The summed E-state index contributed by atoms with van der Waals surface area (Å²) in [6.07, 6.45) is 2.30. The van der Waals surface area contributed by atoms with E-state index in [1.54, 1.807) is 0 Å². The monoisotopic (exact) mass is 299 g/mol. The minimum atomic E-state index is -1.69. The van der Waals surface area contributed by atoms with E-state index in [0.29, 0.717) is 18.9 Å². The Morgan fingerprint density at radius 2 is 2.00 bits per heavy atom. The van der Waals surface area contributed by atoms with Gasteiger partial charge in [-0.15, -0.1) is 0 Å². The minimum absolute atomic E-state index is 0.109. The molecule has 1 aliphatic rings. The van der Waals surface area contributed by atoms with E-state index < -0.39 is 28.7 Å². The quantitative estimate of drug-likeness (QED) is 0.791. The van der Waals surface area contributed by atoms with Crippen molar-refractivity contribution >= 4 is 5.91 Å². The largest absolute Gasteiger partial charge is 0.383 e. The Labute approximate surface area is 121 Å². The molecule has 3 N–H and O–H groups in total. The van der Waals surface area contributed by atoms with Gasteiger partial charge in [0.15, 0.2) is 0 Å². The lowest BCUT2D eigenvalue weighted by Gasteiger charge is -2.27. The molecule has 0 aromatic heterocycles. The molecule has 1 fully saturated rings. The number of benzene rings is 1. The lowest BCUT2D eigenvalue weighted by atomic mass is 9.94. The number of amides is 1. The van der Waals surface area contributed by atoms with Gasteiger partial charge in [0.2, 0.25) is 0 Å². The maximum absolute atomic E-state index is 13.7. The molecule has 0 bridgehead atoms. The van der Waals surface area contributed by atoms with Crippen molar-refractivity contribution in [2.75, 3.05) is 6.54 Å². The van der Waals surface area contributed by atoms with Gasteiger partial charge < -0.3 is 15.5 Å². The number of hydrogen-bond acceptors (Lipinski definition) is 3. The molecule has 4 nitrogen and oxygen atoms in total. The maximum atomic E-state index is 13.7. The second-order valence-corrected chi connectivity index (χ2v) is 5.82. The summed E-state index contributed by atoms with van der Waals surface area (Å²) >= 11 is 0. The van der Waals surface area contributed by atoms with Crippen LogP contribution in [0, 0.1) is 11.6 Å². The highest BCUT2D eigenvalue weighted by Crippen LogP contribution is 2.30. The third-order valence-corrected chi connectivity index (χ3v) is 3.96. The predicted octanol–water partition coefficient (Wildman–Crippen LogP) is 1.59. The molecular formula is C15H19F2NO3. The molecular weight excluding hydrogens is 280 g/mol. The van der Waals surface area contributed by atoms with Crippen molar-refractivity contribution in [1.82, 2.24) is 5.32 Å². The first-order valence-electron chi connectivity index (χ1n) is 6.93. The van der Waals surface area contributed by atoms with Gasteiger partial charge in [0, 0.05) is 11.6 Å². The summed E-state index contributed by atoms with van der Waals surface area (Å²) in [6.45, 7) is 1.05. The summed E-state index contributed by atoms with van der Waals surface area (Å²) in [5.41, 5.74) is -3.21. The summed E-state index contributed by atoms with van der Waals surface area (Å²) in [5.74, 6) is -2.19. The Morgan fingerprint density at radius 3 is 2.57 bits per heavy atom. The summed E-state index contributed by atoms with van der Waals surface area (Å²) < 4.78 is 26.6. The molecule has 0 spiro atoms. The van der Waals surface area contributed by atoms with E-state index in [1.165, 1.54) is 6.92 Å². The van der Waals surface area contributed by atoms with E-state index in [4.69, 9.17) is 0 Å². The average Bonchev–Trinajstić information content (AvgIpc) is 2.84. The van der Waals surface area contributed by atoms with Crippen molar-refractivity contribution in [3.8, 4) is 0 Å². The Morgan fingerprint density at radius 1 is 1.38 bits per heavy atom. The van der Waals surface area contributed by atoms with Gasteiger partial charge in [-0.1, -0.05) is 6.07 Å². The molecule has 1 unspecified atom stereocenters. The van der Waals surface area contributed by atoms with Crippen LogP contribution >= 0.6 is 0 Å². The minimum Gasteiger partial charge on any atom is -0.383 e. The smallest absolute Gasteiger partial charge is 0.252 e. The van der Waals surface area contributed by atoms with Crippen molar-refractivity contribution in [2.24, 2.45) is 0 Å². The Kier molecular flexibility index (Phi) is 4.30. The SMILES string of the molecule is CC(O)(CNC(=O)C1(O)CCCC1)c1ccc(F)cc1F. The van der Waals surface area contributed by atoms with Crippen molar-refractivity contribution in [1.29, 1.82) is 0 Å². The highest BCUT2D eigenvalue weighted by molar-refractivity contribution is 5.85. The van der Waals surface area contributed by atoms with Crippen LogP contribution < -0.4 is 5.32 Å². The molecule has 0 aliphatic heterocycles. The highest BCUT2D eigenvalue weighted by atomic mass is 19.1. The van der Waals surface area contributed by atoms with Gasteiger partial charge in [0.05, 0.1) is 6.54 Å². The normalized spacial score (nSPS) is 20.0. The number of nitrogens with one attached hydrogen (secondary N) is 1. The number of hydrogen-bond donors (Lipinski definition) is 3. The molecule has 116 valence electrons. The van der Waals surface area contributed by atoms with E-state index in [0.717, 1.165) is 25.0 Å². The summed E-state index contributed by atoms with van der Waals surface area (Å²) in [4.78, 5) is 12.0. The van der Waals surface area contributed by atoms with Gasteiger partial charge in [-0.3, -0.25) is 4.79 Å². The van der Waals surface area contributed by atoms with Crippen LogP contribution in [0.25, 0.3) is 0 Å². The van der Waals surface area contributed by atoms with Crippen LogP contribution in [-0.4, -0.2) is 28.3 Å². The van der Waals surface area contributed by atoms with Crippen molar-refractivity contribution in [3.05, 3.63) is 35.4 Å². The molecule has 0 heterocycles. The second kappa shape index (κ2) is 5.69. The second-order valence-electron chi connectivity index (χ2n) is 5.82. The molecule has 1 aliphatic carbocycles. The van der Waals surface area contributed by atoms with E-state index in [9.17, 15) is 23.8 Å². The third-order valence-electron chi connectivity index (χ3n) is 3.96. The standard InChI is InChI=1S/C15H19F2NO3/c1-14(20,11-5-4-10(16)8-12(11)17)9-18-13(19)15(21)6-2-3-7-15/h4-5,8,20-21H,2-3,6-7,9H2,1H3,(H,18,19). The highest BCUT2D eigenvalue weighted by Gasteiger charge is 2.39. The number of halogens is 2. The van der Waals surface area contributed by atoms with Gasteiger partial charge in [0.1, 0.15) is 22.8 Å². The zero-order valence-corrected chi connectivity index (χ0v) is 11.8. The number of rotatable bonds is 4. The zero-order chi connectivity index (χ0) is 15.7. The van der Waals surface area contributed by atoms with Crippen molar-refractivity contribution in [2.45, 2.75) is 43.8 Å². The van der Waals surface area contributed by atoms with Gasteiger partial charge in [0.25, 0.3) is 5.91 Å². The lowest BCUT2D eigenvalue weighted by molar-refractivity contribution is -0.140. The van der Waals surface area contributed by atoms with Crippen LogP contribution in [0.3, 0.4) is 0 Å². The van der Waals surface area contributed by atoms with Crippen LogP contribution in [0.15, 0.2) is 18.2 Å². The Hall–Kier alpha value is -1.53. The van der Waals surface area contributed by atoms with Crippen molar-refractivity contribution in [3.63, 3.8) is 0 Å². The molecule has 2 rings (SSSR count). The van der Waals surface area contributed by atoms with Crippen LogP contribution in [-0.2, 0) is 10.4 Å². The predicted molar refractivity (Wildman–Crippen MR) is 72.4 cm³/mol. The first kappa shape index (κ1) is 15.9. The molecule has 1 atom stereocenters. The van der Waals surface area contributed by atoms with Gasteiger partial charge in [-0.2, -0.15) is 0 Å². The fourth-order valence-corrected chi connectivity index (χ4v) is 2.63. The first-order valence-corrected chi connectivity index (χ1v) is 6.93. The molecule has 1 aromatic rings. The van der Waals surface area contributed by atoms with Crippen molar-refractivity contribution < 1.29 is 23.8 Å². The van der Waals surface area contributed by atoms with Crippen LogP contribution in [0.2, 0.25) is 0 Å². The fourth-order valence-electron chi connectivity index (χ4n) is 2.63. The summed E-state index contributed by atoms with van der Waals surface area (Å²) in [6, 6.07) is 2.86. The molecule has 6 heteroatoms. The molecule has 0 saturated heterocycles. The average molecular weight is 299 g/mol. The van der Waals surface area contributed by atoms with E-state index >= 15 is 0 Å². The Balaban J connectivity index is 2.05. The molecule has 1 aromatic carbocycles. The number of carbonyl (C=O) groups is 1. The van der Waals surface area contributed by atoms with Gasteiger partial charge in [-0.25, -0.2) is 8.78 Å². The molecule has 1 saturated carbocycles.